The third-order valence-corrected chi connectivity index (χ3v) is 4.86. The van der Waals surface area contributed by atoms with Crippen molar-refractivity contribution < 1.29 is 38.4 Å². The summed E-state index contributed by atoms with van der Waals surface area (Å²) in [5.74, 6) is -2.02. The van der Waals surface area contributed by atoms with Gasteiger partial charge in [-0.1, -0.05) is 34.1 Å². The van der Waals surface area contributed by atoms with Crippen molar-refractivity contribution in [1.29, 1.82) is 0 Å². The molecule has 1 aromatic carbocycles. The zero-order chi connectivity index (χ0) is 21.0. The Labute approximate surface area is 171 Å². The molecule has 0 spiro atoms. The van der Waals surface area contributed by atoms with Gasteiger partial charge >= 0.3 is 17.9 Å². The summed E-state index contributed by atoms with van der Waals surface area (Å²) in [5, 5.41) is 11.4. The van der Waals surface area contributed by atoms with Crippen molar-refractivity contribution in [2.75, 3.05) is 0 Å². The van der Waals surface area contributed by atoms with E-state index in [0.717, 1.165) is 18.1 Å². The van der Waals surface area contributed by atoms with E-state index >= 15 is 0 Å². The maximum Gasteiger partial charge on any atom is 0.305 e. The first-order valence-corrected chi connectivity index (χ1v) is 9.76. The lowest BCUT2D eigenvalue weighted by atomic mass is 9.92. The summed E-state index contributed by atoms with van der Waals surface area (Å²) in [6.07, 6.45) is -6.28. The minimum atomic E-state index is -1.47. The molecular formula is C19H23BrO8. The first kappa shape index (κ1) is 22.3. The Balaban J connectivity index is 2.47. The molecule has 0 aromatic heterocycles. The maximum atomic E-state index is 11.6. The fourth-order valence-electron chi connectivity index (χ4n) is 3.01. The summed E-state index contributed by atoms with van der Waals surface area (Å²) >= 11 is 3.41. The van der Waals surface area contributed by atoms with Gasteiger partial charge in [-0.15, -0.1) is 0 Å². The molecule has 0 amide bonds. The van der Waals surface area contributed by atoms with Crippen LogP contribution in [0.2, 0.25) is 0 Å². The Hall–Kier alpha value is -1.97. The zero-order valence-electron chi connectivity index (χ0n) is 16.0. The highest BCUT2D eigenvalue weighted by Crippen LogP contribution is 2.37. The molecule has 1 N–H and O–H groups in total. The normalized spacial score (nSPS) is 27.0. The van der Waals surface area contributed by atoms with Crippen LogP contribution in [0.3, 0.4) is 0 Å². The van der Waals surface area contributed by atoms with Gasteiger partial charge in [0.2, 0.25) is 6.29 Å². The maximum absolute atomic E-state index is 11.6. The highest BCUT2D eigenvalue weighted by molar-refractivity contribution is 9.08. The predicted octanol–water partition coefficient (Wildman–Crippen LogP) is 2.07. The molecule has 0 aliphatic carbocycles. The molecule has 1 aromatic rings. The van der Waals surface area contributed by atoms with Gasteiger partial charge in [-0.05, 0) is 23.6 Å². The lowest BCUT2D eigenvalue weighted by Crippen LogP contribution is -2.58. The van der Waals surface area contributed by atoms with Crippen molar-refractivity contribution in [3.05, 3.63) is 34.9 Å². The van der Waals surface area contributed by atoms with Crippen LogP contribution in [0.4, 0.5) is 0 Å². The summed E-state index contributed by atoms with van der Waals surface area (Å²) in [6, 6.07) is 5.48. The molecule has 1 fully saturated rings. The number of hydrogen-bond donors (Lipinski definition) is 1. The second-order valence-electron chi connectivity index (χ2n) is 6.49. The molecule has 0 saturated carbocycles. The third kappa shape index (κ3) is 5.30. The van der Waals surface area contributed by atoms with Crippen molar-refractivity contribution in [3.63, 3.8) is 0 Å². The number of ether oxygens (including phenoxy) is 4. The quantitative estimate of drug-likeness (QED) is 0.405. The van der Waals surface area contributed by atoms with Crippen LogP contribution < -0.4 is 0 Å². The van der Waals surface area contributed by atoms with E-state index in [9.17, 15) is 19.5 Å². The molecule has 1 unspecified atom stereocenters. The molecule has 1 heterocycles. The molecule has 28 heavy (non-hydrogen) atoms. The first-order chi connectivity index (χ1) is 13.1. The molecule has 5 atom stereocenters. The standard InChI is InChI=1S/C19H23BrO8/c1-9-5-6-13(7-14(9)8-20)16-17(25-10(2)21)15(24)18(26-11(3)22)19(28-16)27-12(4)23/h5-7,15-19,24H,8H2,1-4H3/t15-,16+,17-,18+,19?/m1/s1. The molecule has 9 heteroatoms. The van der Waals surface area contributed by atoms with Crippen LogP contribution in [-0.2, 0) is 38.7 Å². The van der Waals surface area contributed by atoms with Crippen LogP contribution >= 0.6 is 15.9 Å². The van der Waals surface area contributed by atoms with Gasteiger partial charge in [0.05, 0.1) is 0 Å². The number of carbonyl (C=O) groups is 3. The number of hydrogen-bond acceptors (Lipinski definition) is 8. The Morgan fingerprint density at radius 1 is 1.04 bits per heavy atom. The molecule has 1 saturated heterocycles. The van der Waals surface area contributed by atoms with Gasteiger partial charge in [-0.3, -0.25) is 14.4 Å². The number of aliphatic hydroxyl groups is 1. The number of benzene rings is 1. The van der Waals surface area contributed by atoms with Gasteiger partial charge in [0.1, 0.15) is 12.2 Å². The van der Waals surface area contributed by atoms with Crippen molar-refractivity contribution in [2.45, 2.75) is 63.7 Å². The van der Waals surface area contributed by atoms with Gasteiger partial charge in [0.15, 0.2) is 12.2 Å². The Kier molecular flexibility index (Phi) is 7.56. The van der Waals surface area contributed by atoms with Crippen molar-refractivity contribution in [1.82, 2.24) is 0 Å². The van der Waals surface area contributed by atoms with Crippen LogP contribution in [0.1, 0.15) is 43.6 Å². The fraction of sp³-hybridized carbons (Fsp3) is 0.526. The van der Waals surface area contributed by atoms with E-state index in [0.29, 0.717) is 10.9 Å². The molecule has 1 aliphatic rings. The molecule has 0 radical (unpaired) electrons. The minimum absolute atomic E-state index is 0.587. The van der Waals surface area contributed by atoms with Crippen LogP contribution in [0.5, 0.6) is 0 Å². The number of carbonyl (C=O) groups excluding carboxylic acids is 3. The predicted molar refractivity (Wildman–Crippen MR) is 100 cm³/mol. The average molecular weight is 459 g/mol. The summed E-state index contributed by atoms with van der Waals surface area (Å²) in [4.78, 5) is 34.5. The van der Waals surface area contributed by atoms with Crippen molar-refractivity contribution >= 4 is 33.8 Å². The van der Waals surface area contributed by atoms with E-state index < -0.39 is 48.6 Å². The van der Waals surface area contributed by atoms with E-state index in [1.54, 1.807) is 6.07 Å². The number of aryl methyl sites for hydroxylation is 1. The van der Waals surface area contributed by atoms with Crippen LogP contribution in [0.15, 0.2) is 18.2 Å². The lowest BCUT2D eigenvalue weighted by molar-refractivity contribution is -0.296. The van der Waals surface area contributed by atoms with E-state index in [4.69, 9.17) is 18.9 Å². The van der Waals surface area contributed by atoms with E-state index in [-0.39, 0.29) is 0 Å². The van der Waals surface area contributed by atoms with Gasteiger partial charge in [0.25, 0.3) is 0 Å². The lowest BCUT2D eigenvalue weighted by Gasteiger charge is -2.42. The van der Waals surface area contributed by atoms with E-state index in [2.05, 4.69) is 15.9 Å². The van der Waals surface area contributed by atoms with Crippen LogP contribution in [-0.4, -0.2) is 47.6 Å². The number of aliphatic hydroxyl groups excluding tert-OH is 1. The number of halogens is 1. The van der Waals surface area contributed by atoms with Crippen molar-refractivity contribution in [3.8, 4) is 0 Å². The molecular weight excluding hydrogens is 436 g/mol. The second kappa shape index (κ2) is 9.49. The Morgan fingerprint density at radius 2 is 1.61 bits per heavy atom. The second-order valence-corrected chi connectivity index (χ2v) is 7.05. The number of esters is 3. The van der Waals surface area contributed by atoms with Gasteiger partial charge < -0.3 is 24.1 Å². The molecule has 8 nitrogen and oxygen atoms in total. The molecule has 1 aliphatic heterocycles. The Bertz CT molecular complexity index is 749. The van der Waals surface area contributed by atoms with Gasteiger partial charge in [0, 0.05) is 26.1 Å². The fourth-order valence-corrected chi connectivity index (χ4v) is 3.61. The number of alkyl halides is 1. The molecule has 0 bridgehead atoms. The zero-order valence-corrected chi connectivity index (χ0v) is 17.6. The summed E-state index contributed by atoms with van der Waals surface area (Å²) in [5.41, 5.74) is 2.63. The SMILES string of the molecule is CC(=O)OC1O[C@@H](c2ccc(C)c(CBr)c2)[C@H](OC(C)=O)[C@@H](O)[C@@H]1OC(C)=O. The van der Waals surface area contributed by atoms with E-state index in [1.807, 2.05) is 19.1 Å². The first-order valence-electron chi connectivity index (χ1n) is 8.64. The van der Waals surface area contributed by atoms with Crippen LogP contribution in [0.25, 0.3) is 0 Å². The van der Waals surface area contributed by atoms with E-state index in [1.165, 1.54) is 13.8 Å². The highest BCUT2D eigenvalue weighted by atomic mass is 79.9. The smallest absolute Gasteiger partial charge is 0.305 e. The summed E-state index contributed by atoms with van der Waals surface area (Å²) in [6.45, 7) is 5.45. The largest absolute Gasteiger partial charge is 0.456 e. The topological polar surface area (TPSA) is 108 Å². The van der Waals surface area contributed by atoms with Gasteiger partial charge in [-0.25, -0.2) is 0 Å². The number of rotatable bonds is 5. The van der Waals surface area contributed by atoms with Crippen LogP contribution in [0, 0.1) is 6.92 Å². The summed E-state index contributed by atoms with van der Waals surface area (Å²) in [7, 11) is 0. The highest BCUT2D eigenvalue weighted by Gasteiger charge is 2.51. The Morgan fingerprint density at radius 3 is 2.14 bits per heavy atom. The van der Waals surface area contributed by atoms with Crippen molar-refractivity contribution in [2.24, 2.45) is 0 Å². The molecule has 2 rings (SSSR count). The monoisotopic (exact) mass is 458 g/mol. The summed E-state index contributed by atoms with van der Waals surface area (Å²) < 4.78 is 21.3. The van der Waals surface area contributed by atoms with Gasteiger partial charge in [-0.2, -0.15) is 0 Å². The third-order valence-electron chi connectivity index (χ3n) is 4.25. The average Bonchev–Trinajstić information content (AvgIpc) is 2.60. The molecule has 154 valence electrons. The minimum Gasteiger partial charge on any atom is -0.456 e.